The Labute approximate surface area is 181 Å². The van der Waals surface area contributed by atoms with Crippen molar-refractivity contribution in [3.63, 3.8) is 0 Å². The molecule has 7 nitrogen and oxygen atoms in total. The Hall–Kier alpha value is -2.29. The van der Waals surface area contributed by atoms with E-state index in [0.717, 1.165) is 17.0 Å². The molecule has 5 N–H and O–H groups in total. The van der Waals surface area contributed by atoms with Gasteiger partial charge in [-0.05, 0) is 31.7 Å². The predicted molar refractivity (Wildman–Crippen MR) is 118 cm³/mol. The maximum atomic E-state index is 13.4. The second-order valence-electron chi connectivity index (χ2n) is 9.00. The van der Waals surface area contributed by atoms with Crippen molar-refractivity contribution < 1.29 is 14.7 Å². The number of ketones is 1. The van der Waals surface area contributed by atoms with E-state index >= 15 is 0 Å². The molecule has 8 heteroatoms. The van der Waals surface area contributed by atoms with Crippen LogP contribution in [0, 0.1) is 12.3 Å². The average molecular weight is 431 g/mol. The molecule has 0 aliphatic carbocycles. The van der Waals surface area contributed by atoms with Crippen LogP contribution in [0.4, 0.5) is 0 Å². The monoisotopic (exact) mass is 430 g/mol. The Morgan fingerprint density at radius 2 is 2.07 bits per heavy atom. The van der Waals surface area contributed by atoms with E-state index in [2.05, 4.69) is 4.98 Å². The van der Waals surface area contributed by atoms with Gasteiger partial charge in [0.2, 0.25) is 5.91 Å². The number of phenolic OH excluding ortho intramolecular Hbond substituents is 1. The third-order valence-electron chi connectivity index (χ3n) is 5.78. The molecule has 1 amide bonds. The van der Waals surface area contributed by atoms with Gasteiger partial charge in [-0.1, -0.05) is 32.9 Å². The van der Waals surface area contributed by atoms with Gasteiger partial charge in [-0.25, -0.2) is 4.98 Å². The van der Waals surface area contributed by atoms with Crippen molar-refractivity contribution in [3.05, 3.63) is 34.5 Å². The number of nitrogens with two attached hydrogens (primary N) is 2. The minimum Gasteiger partial charge on any atom is -0.507 e. The average Bonchev–Trinajstić information content (AvgIpc) is 3.30. The molecular weight excluding hydrogens is 400 g/mol. The molecule has 1 aromatic carbocycles. The number of amides is 1. The van der Waals surface area contributed by atoms with Gasteiger partial charge in [0.05, 0.1) is 33.7 Å². The van der Waals surface area contributed by atoms with Gasteiger partial charge in [-0.3, -0.25) is 14.5 Å². The van der Waals surface area contributed by atoms with Crippen molar-refractivity contribution in [1.82, 2.24) is 9.88 Å². The summed E-state index contributed by atoms with van der Waals surface area (Å²) in [5.74, 6) is -0.757. The fourth-order valence-electron chi connectivity index (χ4n) is 3.87. The molecule has 0 spiro atoms. The number of thiazole rings is 1. The first kappa shape index (κ1) is 22.4. The lowest BCUT2D eigenvalue weighted by Crippen LogP contribution is -2.42. The fraction of sp³-hybridized carbons (Fsp3) is 0.500. The van der Waals surface area contributed by atoms with Crippen LogP contribution in [-0.2, 0) is 11.3 Å². The summed E-state index contributed by atoms with van der Waals surface area (Å²) in [6.07, 6.45) is 1.57. The number of benzene rings is 1. The van der Waals surface area contributed by atoms with Crippen LogP contribution in [0.15, 0.2) is 17.6 Å². The van der Waals surface area contributed by atoms with Gasteiger partial charge >= 0.3 is 0 Å². The summed E-state index contributed by atoms with van der Waals surface area (Å²) in [5, 5.41) is 11.2. The summed E-state index contributed by atoms with van der Waals surface area (Å²) in [5.41, 5.74) is 15.3. The van der Waals surface area contributed by atoms with Crippen LogP contribution in [0.1, 0.15) is 55.2 Å². The number of hydrogen-bond acceptors (Lipinski definition) is 7. The third-order valence-corrected chi connectivity index (χ3v) is 6.74. The molecule has 1 aliphatic rings. The number of aromatic nitrogens is 1. The molecule has 1 unspecified atom stereocenters. The second kappa shape index (κ2) is 8.45. The normalized spacial score (nSPS) is 18.5. The Morgan fingerprint density at radius 1 is 1.37 bits per heavy atom. The third kappa shape index (κ3) is 4.26. The number of phenols is 1. The molecule has 2 atom stereocenters. The number of aryl methyl sites for hydroxylation is 1. The molecule has 0 radical (unpaired) electrons. The topological polar surface area (TPSA) is 123 Å². The number of primary amides is 1. The van der Waals surface area contributed by atoms with E-state index in [9.17, 15) is 14.7 Å². The van der Waals surface area contributed by atoms with Crippen molar-refractivity contribution in [1.29, 1.82) is 0 Å². The zero-order valence-electron chi connectivity index (χ0n) is 17.9. The first-order valence-corrected chi connectivity index (χ1v) is 11.0. The number of likely N-dealkylation sites (tertiary alicyclic amines) is 1. The first-order valence-electron chi connectivity index (χ1n) is 10.1. The quantitative estimate of drug-likeness (QED) is 0.606. The number of Topliss-reactive ketones (excluding diaryl/α,β-unsaturated/α-hetero) is 1. The Kier molecular flexibility index (Phi) is 6.31. The molecule has 2 aromatic rings. The van der Waals surface area contributed by atoms with E-state index in [-0.39, 0.29) is 29.0 Å². The fourth-order valence-corrected chi connectivity index (χ4v) is 4.70. The molecule has 1 aliphatic heterocycles. The van der Waals surface area contributed by atoms with Crippen LogP contribution in [-0.4, -0.2) is 45.3 Å². The summed E-state index contributed by atoms with van der Waals surface area (Å²) in [6.45, 7) is 8.62. The lowest BCUT2D eigenvalue weighted by atomic mass is 9.81. The SMILES string of the molecule is Cc1ncsc1-c1ccc(CN2CCCC2C(N)=O)c(O)c1C(=O)[C@@H](N)C(C)(C)C. The standard InChI is InChI=1S/C22H30N4O3S/c1-12-19(30-11-25-12)14-8-7-13(10-26-9-5-6-15(26)21(24)29)17(27)16(14)18(28)20(23)22(2,3)4/h7-8,11,15,20,27H,5-6,9-10,23H2,1-4H3,(H2,24,29)/t15?,20-/m1/s1. The van der Waals surface area contributed by atoms with Crippen molar-refractivity contribution in [2.75, 3.05) is 6.54 Å². The minimum atomic E-state index is -0.782. The number of rotatable bonds is 6. The number of hydrogen-bond donors (Lipinski definition) is 3. The van der Waals surface area contributed by atoms with Gasteiger partial charge in [-0.2, -0.15) is 0 Å². The molecule has 0 saturated carbocycles. The smallest absolute Gasteiger partial charge is 0.234 e. The van der Waals surface area contributed by atoms with Crippen molar-refractivity contribution in [3.8, 4) is 16.2 Å². The molecule has 1 fully saturated rings. The lowest BCUT2D eigenvalue weighted by Gasteiger charge is -2.28. The second-order valence-corrected chi connectivity index (χ2v) is 9.86. The highest BCUT2D eigenvalue weighted by Gasteiger charge is 2.34. The van der Waals surface area contributed by atoms with Gasteiger partial charge in [0, 0.05) is 17.7 Å². The van der Waals surface area contributed by atoms with E-state index in [4.69, 9.17) is 11.5 Å². The molecule has 30 heavy (non-hydrogen) atoms. The van der Waals surface area contributed by atoms with Crippen molar-refractivity contribution >= 4 is 23.0 Å². The van der Waals surface area contributed by atoms with Crippen molar-refractivity contribution in [2.45, 2.75) is 59.2 Å². The molecule has 2 heterocycles. The highest BCUT2D eigenvalue weighted by molar-refractivity contribution is 7.13. The molecule has 162 valence electrons. The summed E-state index contributed by atoms with van der Waals surface area (Å²) < 4.78 is 0. The summed E-state index contributed by atoms with van der Waals surface area (Å²) >= 11 is 1.42. The zero-order chi connectivity index (χ0) is 22.2. The van der Waals surface area contributed by atoms with Gasteiger partial charge in [0.25, 0.3) is 0 Å². The van der Waals surface area contributed by atoms with Gasteiger partial charge in [0.1, 0.15) is 5.75 Å². The van der Waals surface area contributed by atoms with E-state index in [1.165, 1.54) is 11.3 Å². The van der Waals surface area contributed by atoms with E-state index in [1.807, 2.05) is 38.7 Å². The number of carbonyl (C=O) groups is 2. The van der Waals surface area contributed by atoms with Gasteiger partial charge < -0.3 is 16.6 Å². The van der Waals surface area contributed by atoms with Crippen molar-refractivity contribution in [2.24, 2.45) is 16.9 Å². The van der Waals surface area contributed by atoms with Crippen LogP contribution in [0.2, 0.25) is 0 Å². The van der Waals surface area contributed by atoms with E-state index in [1.54, 1.807) is 11.6 Å². The van der Waals surface area contributed by atoms with Gasteiger partial charge in [-0.15, -0.1) is 11.3 Å². The van der Waals surface area contributed by atoms with Crippen LogP contribution < -0.4 is 11.5 Å². The van der Waals surface area contributed by atoms with Crippen LogP contribution >= 0.6 is 11.3 Å². The highest BCUT2D eigenvalue weighted by atomic mass is 32.1. The molecule has 0 bridgehead atoms. The van der Waals surface area contributed by atoms with Crippen LogP contribution in [0.3, 0.4) is 0 Å². The maximum absolute atomic E-state index is 13.4. The predicted octanol–water partition coefficient (Wildman–Crippen LogP) is 2.83. The number of aromatic hydroxyl groups is 1. The Bertz CT molecular complexity index is 964. The van der Waals surface area contributed by atoms with E-state index < -0.39 is 11.5 Å². The van der Waals surface area contributed by atoms with Crippen LogP contribution in [0.25, 0.3) is 10.4 Å². The molecular formula is C22H30N4O3S. The summed E-state index contributed by atoms with van der Waals surface area (Å²) in [4.78, 5) is 32.2. The molecule has 3 rings (SSSR count). The highest BCUT2D eigenvalue weighted by Crippen LogP contribution is 2.39. The maximum Gasteiger partial charge on any atom is 0.234 e. The number of carbonyl (C=O) groups excluding carboxylic acids is 2. The Morgan fingerprint density at radius 3 is 2.63 bits per heavy atom. The van der Waals surface area contributed by atoms with Crippen LogP contribution in [0.5, 0.6) is 5.75 Å². The summed E-state index contributed by atoms with van der Waals surface area (Å²) in [7, 11) is 0. The Balaban J connectivity index is 2.09. The van der Waals surface area contributed by atoms with E-state index in [0.29, 0.717) is 30.6 Å². The lowest BCUT2D eigenvalue weighted by molar-refractivity contribution is -0.122. The molecule has 1 aromatic heterocycles. The first-order chi connectivity index (χ1) is 14.0. The van der Waals surface area contributed by atoms with Gasteiger partial charge in [0.15, 0.2) is 5.78 Å². The minimum absolute atomic E-state index is 0.0832. The largest absolute Gasteiger partial charge is 0.507 e. The molecule has 1 saturated heterocycles. The number of nitrogens with zero attached hydrogens (tertiary/aromatic N) is 2. The zero-order valence-corrected chi connectivity index (χ0v) is 18.8. The summed E-state index contributed by atoms with van der Waals surface area (Å²) in [6, 6.07) is 2.51.